The number of hydrogen-bond acceptors (Lipinski definition) is 5. The summed E-state index contributed by atoms with van der Waals surface area (Å²) in [6.07, 6.45) is 3.60. The van der Waals surface area contributed by atoms with Crippen molar-refractivity contribution < 1.29 is 9.13 Å². The van der Waals surface area contributed by atoms with E-state index in [4.69, 9.17) is 9.72 Å². The number of rotatable bonds is 5. The van der Waals surface area contributed by atoms with Crippen LogP contribution in [-0.2, 0) is 0 Å². The third-order valence-electron chi connectivity index (χ3n) is 5.33. The number of pyridine rings is 1. The Kier molecular flexibility index (Phi) is 4.74. The second-order valence-electron chi connectivity index (χ2n) is 7.47. The number of nitrogens with one attached hydrogen (secondary N) is 3. The summed E-state index contributed by atoms with van der Waals surface area (Å²) in [4.78, 5) is 4.80. The van der Waals surface area contributed by atoms with Crippen molar-refractivity contribution in [2.24, 2.45) is 0 Å². The smallest absolute Gasteiger partial charge is 0.134 e. The van der Waals surface area contributed by atoms with Gasteiger partial charge in [-0.05, 0) is 49.7 Å². The van der Waals surface area contributed by atoms with Crippen LogP contribution < -0.4 is 20.7 Å². The first-order valence-electron chi connectivity index (χ1n) is 9.32. The molecule has 2 aliphatic rings. The van der Waals surface area contributed by atoms with Gasteiger partial charge in [0.25, 0.3) is 0 Å². The minimum Gasteiger partial charge on any atom is -0.496 e. The molecule has 0 radical (unpaired) electrons. The topological polar surface area (TPSA) is 58.2 Å². The van der Waals surface area contributed by atoms with Crippen LogP contribution in [0.15, 0.2) is 42.6 Å². The van der Waals surface area contributed by atoms with Crippen LogP contribution in [0.5, 0.6) is 5.75 Å². The number of methoxy groups -OCH3 is 1. The van der Waals surface area contributed by atoms with Crippen LogP contribution in [0.2, 0.25) is 0 Å². The van der Waals surface area contributed by atoms with Gasteiger partial charge in [0.05, 0.1) is 24.4 Å². The lowest BCUT2D eigenvalue weighted by Crippen LogP contribution is -2.37. The van der Waals surface area contributed by atoms with Gasteiger partial charge in [-0.1, -0.05) is 12.1 Å². The highest BCUT2D eigenvalue weighted by Crippen LogP contribution is 2.37. The first-order chi connectivity index (χ1) is 13.1. The summed E-state index contributed by atoms with van der Waals surface area (Å²) in [5.41, 5.74) is 2.38. The Labute approximate surface area is 159 Å². The van der Waals surface area contributed by atoms with Gasteiger partial charge in [-0.2, -0.15) is 0 Å². The maximum atomic E-state index is 14.4. The van der Waals surface area contributed by atoms with Crippen molar-refractivity contribution in [3.8, 4) is 5.75 Å². The zero-order chi connectivity index (χ0) is 18.9. The number of ether oxygens (including phenoxy) is 1. The van der Waals surface area contributed by atoms with Crippen LogP contribution in [0.4, 0.5) is 10.2 Å². The lowest BCUT2D eigenvalue weighted by Gasteiger charge is -2.25. The van der Waals surface area contributed by atoms with Gasteiger partial charge in [-0.15, -0.1) is 0 Å². The summed E-state index contributed by atoms with van der Waals surface area (Å²) >= 11 is 0. The molecule has 3 heterocycles. The number of aromatic nitrogens is 1. The summed E-state index contributed by atoms with van der Waals surface area (Å²) in [5.74, 6) is 1.15. The monoisotopic (exact) mass is 368 g/mol. The van der Waals surface area contributed by atoms with Gasteiger partial charge in [0.2, 0.25) is 0 Å². The summed E-state index contributed by atoms with van der Waals surface area (Å²) in [5, 5.41) is 10.3. The van der Waals surface area contributed by atoms with Gasteiger partial charge in [0.1, 0.15) is 17.4 Å². The molecule has 27 heavy (non-hydrogen) atoms. The minimum atomic E-state index is -0.270. The summed E-state index contributed by atoms with van der Waals surface area (Å²) < 4.78 is 19.7. The van der Waals surface area contributed by atoms with Gasteiger partial charge < -0.3 is 20.7 Å². The van der Waals surface area contributed by atoms with E-state index < -0.39 is 0 Å². The van der Waals surface area contributed by atoms with Gasteiger partial charge in [-0.25, -0.2) is 9.37 Å². The predicted octanol–water partition coefficient (Wildman–Crippen LogP) is 3.47. The largest absolute Gasteiger partial charge is 0.496 e. The number of hydrogen-bond donors (Lipinski definition) is 3. The highest BCUT2D eigenvalue weighted by Gasteiger charge is 2.29. The van der Waals surface area contributed by atoms with Crippen molar-refractivity contribution in [1.82, 2.24) is 15.6 Å². The Morgan fingerprint density at radius 3 is 2.89 bits per heavy atom. The molecular weight excluding hydrogens is 343 g/mol. The molecule has 0 bridgehead atoms. The van der Waals surface area contributed by atoms with E-state index in [1.807, 2.05) is 24.4 Å². The van der Waals surface area contributed by atoms with Crippen LogP contribution in [0.25, 0.3) is 5.57 Å². The molecule has 2 aromatic rings. The molecule has 142 valence electrons. The molecule has 5 nitrogen and oxygen atoms in total. The van der Waals surface area contributed by atoms with Crippen molar-refractivity contribution in [2.75, 3.05) is 25.5 Å². The van der Waals surface area contributed by atoms with E-state index in [0.29, 0.717) is 17.7 Å². The highest BCUT2D eigenvalue weighted by molar-refractivity contribution is 5.73. The van der Waals surface area contributed by atoms with E-state index in [1.165, 1.54) is 6.07 Å². The fourth-order valence-electron chi connectivity index (χ4n) is 3.84. The quantitative estimate of drug-likeness (QED) is 0.754. The van der Waals surface area contributed by atoms with E-state index >= 15 is 0 Å². The van der Waals surface area contributed by atoms with Gasteiger partial charge in [-0.3, -0.25) is 0 Å². The third-order valence-corrected chi connectivity index (χ3v) is 5.33. The molecule has 6 heteroatoms. The fraction of sp³-hybridized carbons (Fsp3) is 0.381. The Morgan fingerprint density at radius 1 is 1.26 bits per heavy atom. The molecule has 1 aromatic carbocycles. The molecule has 2 atom stereocenters. The zero-order valence-corrected chi connectivity index (χ0v) is 15.7. The molecule has 1 saturated heterocycles. The van der Waals surface area contributed by atoms with Crippen molar-refractivity contribution >= 4 is 11.4 Å². The maximum absolute atomic E-state index is 14.4. The molecule has 0 spiro atoms. The highest BCUT2D eigenvalue weighted by atomic mass is 19.1. The second kappa shape index (κ2) is 7.19. The van der Waals surface area contributed by atoms with E-state index in [-0.39, 0.29) is 17.4 Å². The Hall–Kier alpha value is -2.60. The van der Waals surface area contributed by atoms with Crippen molar-refractivity contribution in [1.29, 1.82) is 0 Å². The summed E-state index contributed by atoms with van der Waals surface area (Å²) in [6, 6.07) is 10.9. The van der Waals surface area contributed by atoms with E-state index in [0.717, 1.165) is 36.6 Å². The van der Waals surface area contributed by atoms with Gasteiger partial charge in [0.15, 0.2) is 0 Å². The molecule has 2 unspecified atom stereocenters. The number of benzene rings is 1. The molecule has 4 rings (SSSR count). The average molecular weight is 368 g/mol. The van der Waals surface area contributed by atoms with Crippen molar-refractivity contribution in [3.63, 3.8) is 0 Å². The fourth-order valence-corrected chi connectivity index (χ4v) is 3.84. The number of halogens is 1. The molecule has 2 aliphatic heterocycles. The molecule has 0 saturated carbocycles. The normalized spacial score (nSPS) is 24.4. The second-order valence-corrected chi connectivity index (χ2v) is 7.47. The molecule has 1 fully saturated rings. The van der Waals surface area contributed by atoms with Crippen LogP contribution in [-0.4, -0.2) is 30.7 Å². The van der Waals surface area contributed by atoms with Crippen molar-refractivity contribution in [2.45, 2.75) is 31.3 Å². The number of nitrogens with zero attached hydrogens (tertiary/aromatic N) is 1. The third kappa shape index (κ3) is 3.62. The lowest BCUT2D eigenvalue weighted by atomic mass is 9.99. The predicted molar refractivity (Wildman–Crippen MR) is 105 cm³/mol. The maximum Gasteiger partial charge on any atom is 0.134 e. The molecule has 0 amide bonds. The van der Waals surface area contributed by atoms with Crippen LogP contribution in [0, 0.1) is 5.82 Å². The SMILES string of the molecule is COc1cccc(F)c1C1=CNC(c2cccc(NC3(C)CCNC3)n2)C1. The summed E-state index contributed by atoms with van der Waals surface area (Å²) in [7, 11) is 1.56. The van der Waals surface area contributed by atoms with E-state index in [1.54, 1.807) is 19.2 Å². The van der Waals surface area contributed by atoms with Crippen LogP contribution >= 0.6 is 0 Å². The standard InChI is InChI=1S/C21H25FN4O/c1-21(9-10-23-13-21)26-19-8-4-6-16(25-19)17-11-14(12-24-17)20-15(22)5-3-7-18(20)27-2/h3-8,12,17,23-24H,9-11,13H2,1-2H3,(H,25,26). The Bertz CT molecular complexity index is 861. The zero-order valence-electron chi connectivity index (χ0n) is 15.7. The first kappa shape index (κ1) is 17.8. The van der Waals surface area contributed by atoms with Crippen LogP contribution in [0.1, 0.15) is 37.1 Å². The Morgan fingerprint density at radius 2 is 2.11 bits per heavy atom. The molecule has 3 N–H and O–H groups in total. The van der Waals surface area contributed by atoms with E-state index in [2.05, 4.69) is 22.9 Å². The first-order valence-corrected chi connectivity index (χ1v) is 9.32. The Balaban J connectivity index is 1.51. The molecule has 1 aromatic heterocycles. The number of anilines is 1. The van der Waals surface area contributed by atoms with Gasteiger partial charge >= 0.3 is 0 Å². The molecule has 0 aliphatic carbocycles. The molecular formula is C21H25FN4O. The summed E-state index contributed by atoms with van der Waals surface area (Å²) in [6.45, 7) is 4.16. The van der Waals surface area contributed by atoms with Crippen LogP contribution in [0.3, 0.4) is 0 Å². The van der Waals surface area contributed by atoms with E-state index in [9.17, 15) is 4.39 Å². The lowest BCUT2D eigenvalue weighted by molar-refractivity contribution is 0.409. The van der Waals surface area contributed by atoms with Gasteiger partial charge in [0, 0.05) is 24.7 Å². The average Bonchev–Trinajstić information content (AvgIpc) is 3.31. The minimum absolute atomic E-state index is 0.0144. The van der Waals surface area contributed by atoms with Crippen molar-refractivity contribution in [3.05, 3.63) is 59.7 Å².